The van der Waals surface area contributed by atoms with E-state index in [4.69, 9.17) is 0 Å². The third-order valence-electron chi connectivity index (χ3n) is 4.79. The highest BCUT2D eigenvalue weighted by Gasteiger charge is 2.24. The Morgan fingerprint density at radius 1 is 1.30 bits per heavy atom. The molecule has 124 valence electrons. The van der Waals surface area contributed by atoms with Crippen LogP contribution in [0.15, 0.2) is 24.3 Å². The Hall–Kier alpha value is -1.88. The lowest BCUT2D eigenvalue weighted by atomic mass is 10.1. The molecule has 1 aromatic carbocycles. The van der Waals surface area contributed by atoms with Crippen LogP contribution in [0.2, 0.25) is 0 Å². The first-order chi connectivity index (χ1) is 11.2. The molecule has 3 rings (SSSR count). The van der Waals surface area contributed by atoms with Gasteiger partial charge in [-0.25, -0.2) is 0 Å². The van der Waals surface area contributed by atoms with E-state index in [2.05, 4.69) is 41.4 Å². The number of likely N-dealkylation sites (N-methyl/N-ethyl adjacent to an activating group) is 1. The summed E-state index contributed by atoms with van der Waals surface area (Å²) in [4.78, 5) is 14.7. The Morgan fingerprint density at radius 2 is 2.13 bits per heavy atom. The summed E-state index contributed by atoms with van der Waals surface area (Å²) in [7, 11) is 2.05. The van der Waals surface area contributed by atoms with Crippen molar-refractivity contribution in [2.24, 2.45) is 0 Å². The Labute approximate surface area is 137 Å². The molecule has 2 heterocycles. The summed E-state index contributed by atoms with van der Waals surface area (Å²) in [6.45, 7) is 4.42. The Morgan fingerprint density at radius 3 is 2.96 bits per heavy atom. The van der Waals surface area contributed by atoms with Gasteiger partial charge in [0.2, 0.25) is 5.91 Å². The summed E-state index contributed by atoms with van der Waals surface area (Å²) in [5.41, 5.74) is 2.08. The van der Waals surface area contributed by atoms with E-state index in [-0.39, 0.29) is 11.9 Å². The predicted molar refractivity (Wildman–Crippen MR) is 92.1 cm³/mol. The predicted octanol–water partition coefficient (Wildman–Crippen LogP) is 2.55. The number of nitrogens with one attached hydrogen (secondary N) is 1. The van der Waals surface area contributed by atoms with Crippen LogP contribution in [-0.2, 0) is 17.9 Å². The van der Waals surface area contributed by atoms with Crippen LogP contribution in [0, 0.1) is 0 Å². The van der Waals surface area contributed by atoms with E-state index >= 15 is 0 Å². The van der Waals surface area contributed by atoms with Crippen LogP contribution in [0.1, 0.15) is 38.3 Å². The molecular weight excluding hydrogens is 288 g/mol. The molecule has 0 unspecified atom stereocenters. The van der Waals surface area contributed by atoms with Crippen LogP contribution in [0.4, 0.5) is 0 Å². The van der Waals surface area contributed by atoms with E-state index in [1.807, 2.05) is 16.8 Å². The van der Waals surface area contributed by atoms with Crippen LogP contribution in [0.3, 0.4) is 0 Å². The third kappa shape index (κ3) is 3.39. The summed E-state index contributed by atoms with van der Waals surface area (Å²) in [5.74, 6) is 0.129. The monoisotopic (exact) mass is 314 g/mol. The number of hydrogen-bond donors (Lipinski definition) is 1. The van der Waals surface area contributed by atoms with E-state index in [1.165, 1.54) is 12.8 Å². The van der Waals surface area contributed by atoms with E-state index in [0.29, 0.717) is 6.54 Å². The van der Waals surface area contributed by atoms with Gasteiger partial charge in [-0.15, -0.1) is 0 Å². The highest BCUT2D eigenvalue weighted by Crippen LogP contribution is 2.19. The lowest BCUT2D eigenvalue weighted by Gasteiger charge is -2.24. The van der Waals surface area contributed by atoms with Crippen LogP contribution < -0.4 is 5.32 Å². The maximum absolute atomic E-state index is 12.6. The van der Waals surface area contributed by atoms with Gasteiger partial charge in [-0.2, -0.15) is 5.10 Å². The smallest absolute Gasteiger partial charge is 0.237 e. The van der Waals surface area contributed by atoms with Gasteiger partial charge in [0.1, 0.15) is 0 Å². The molecule has 5 nitrogen and oxygen atoms in total. The first kappa shape index (κ1) is 16.0. The molecule has 1 amide bonds. The van der Waals surface area contributed by atoms with Crippen molar-refractivity contribution in [3.63, 3.8) is 0 Å². The highest BCUT2D eigenvalue weighted by molar-refractivity contribution is 5.84. The number of likely N-dealkylation sites (tertiary alicyclic amines) is 1. The molecule has 1 aliphatic heterocycles. The Balaban J connectivity index is 1.71. The summed E-state index contributed by atoms with van der Waals surface area (Å²) in [5, 5.41) is 8.88. The maximum atomic E-state index is 12.6. The zero-order valence-corrected chi connectivity index (χ0v) is 14.1. The quantitative estimate of drug-likeness (QED) is 0.943. The van der Waals surface area contributed by atoms with E-state index in [0.717, 1.165) is 42.5 Å². The van der Waals surface area contributed by atoms with Crippen molar-refractivity contribution < 1.29 is 4.79 Å². The average molecular weight is 314 g/mol. The summed E-state index contributed by atoms with van der Waals surface area (Å²) in [6, 6.07) is 8.20. The van der Waals surface area contributed by atoms with Crippen molar-refractivity contribution in [1.82, 2.24) is 20.0 Å². The van der Waals surface area contributed by atoms with Crippen molar-refractivity contribution in [2.45, 2.75) is 51.7 Å². The molecule has 5 heteroatoms. The Kier molecular flexibility index (Phi) is 4.96. The van der Waals surface area contributed by atoms with Gasteiger partial charge in [0.25, 0.3) is 0 Å². The number of fused-ring (bicyclic) bond motifs is 1. The molecule has 0 aliphatic carbocycles. The summed E-state index contributed by atoms with van der Waals surface area (Å²) in [6.07, 6.45) is 4.49. The second-order valence-electron chi connectivity index (χ2n) is 6.34. The molecule has 23 heavy (non-hydrogen) atoms. The summed E-state index contributed by atoms with van der Waals surface area (Å²) < 4.78 is 1.99. The van der Waals surface area contributed by atoms with Crippen LogP contribution in [0.5, 0.6) is 0 Å². The van der Waals surface area contributed by atoms with Crippen LogP contribution >= 0.6 is 0 Å². The molecule has 1 aliphatic rings. The highest BCUT2D eigenvalue weighted by atomic mass is 16.2. The SMILES string of the molecule is CCn1nc(CNC(=O)[C@@H]2CCCCCN2C)c2ccccc21. The third-order valence-corrected chi connectivity index (χ3v) is 4.79. The normalized spacial score (nSPS) is 19.7. The van der Waals surface area contributed by atoms with Gasteiger partial charge in [-0.3, -0.25) is 14.4 Å². The lowest BCUT2D eigenvalue weighted by molar-refractivity contribution is -0.126. The Bertz CT molecular complexity index is 679. The fourth-order valence-electron chi connectivity index (χ4n) is 3.44. The summed E-state index contributed by atoms with van der Waals surface area (Å²) >= 11 is 0. The number of aromatic nitrogens is 2. The minimum Gasteiger partial charge on any atom is -0.349 e. The molecular formula is C18H26N4O. The standard InChI is InChI=1S/C18H26N4O/c1-3-22-16-10-7-6-9-14(16)15(20-22)13-19-18(23)17-11-5-4-8-12-21(17)2/h6-7,9-10,17H,3-5,8,11-13H2,1-2H3,(H,19,23)/t17-/m0/s1. The average Bonchev–Trinajstić information content (AvgIpc) is 2.79. The van der Waals surface area contributed by atoms with Gasteiger partial charge in [0.05, 0.1) is 23.8 Å². The van der Waals surface area contributed by atoms with Gasteiger partial charge in [0, 0.05) is 11.9 Å². The van der Waals surface area contributed by atoms with Gasteiger partial charge in [-0.1, -0.05) is 31.0 Å². The number of rotatable bonds is 4. The molecule has 1 saturated heterocycles. The van der Waals surface area contributed by atoms with Crippen molar-refractivity contribution >= 4 is 16.8 Å². The maximum Gasteiger partial charge on any atom is 0.237 e. The molecule has 1 atom stereocenters. The van der Waals surface area contributed by atoms with E-state index < -0.39 is 0 Å². The number of hydrogen-bond acceptors (Lipinski definition) is 3. The molecule has 2 aromatic rings. The minimum absolute atomic E-state index is 0.00275. The molecule has 0 saturated carbocycles. The van der Waals surface area contributed by atoms with Gasteiger partial charge in [0.15, 0.2) is 0 Å². The molecule has 0 spiro atoms. The van der Waals surface area contributed by atoms with Crippen molar-refractivity contribution in [2.75, 3.05) is 13.6 Å². The number of carbonyl (C=O) groups is 1. The molecule has 0 radical (unpaired) electrons. The molecule has 1 fully saturated rings. The number of amides is 1. The van der Waals surface area contributed by atoms with Crippen molar-refractivity contribution in [3.05, 3.63) is 30.0 Å². The number of nitrogens with zero attached hydrogens (tertiary/aromatic N) is 3. The van der Waals surface area contributed by atoms with Gasteiger partial charge >= 0.3 is 0 Å². The van der Waals surface area contributed by atoms with Crippen LogP contribution in [0.25, 0.3) is 10.9 Å². The molecule has 1 aromatic heterocycles. The first-order valence-corrected chi connectivity index (χ1v) is 8.63. The fourth-order valence-corrected chi connectivity index (χ4v) is 3.44. The molecule has 1 N–H and O–H groups in total. The van der Waals surface area contributed by atoms with Gasteiger partial charge < -0.3 is 5.32 Å². The number of carbonyl (C=O) groups excluding carboxylic acids is 1. The van der Waals surface area contributed by atoms with Gasteiger partial charge in [-0.05, 0) is 39.4 Å². The van der Waals surface area contributed by atoms with E-state index in [9.17, 15) is 4.79 Å². The van der Waals surface area contributed by atoms with Crippen molar-refractivity contribution in [1.29, 1.82) is 0 Å². The minimum atomic E-state index is -0.00275. The second-order valence-corrected chi connectivity index (χ2v) is 6.34. The topological polar surface area (TPSA) is 50.2 Å². The zero-order valence-electron chi connectivity index (χ0n) is 14.1. The number of para-hydroxylation sites is 1. The fraction of sp³-hybridized carbons (Fsp3) is 0.556. The lowest BCUT2D eigenvalue weighted by Crippen LogP contribution is -2.44. The van der Waals surface area contributed by atoms with Crippen molar-refractivity contribution in [3.8, 4) is 0 Å². The first-order valence-electron chi connectivity index (χ1n) is 8.63. The largest absolute Gasteiger partial charge is 0.349 e. The van der Waals surface area contributed by atoms with E-state index in [1.54, 1.807) is 0 Å². The number of aryl methyl sites for hydroxylation is 1. The number of benzene rings is 1. The second kappa shape index (κ2) is 7.13. The van der Waals surface area contributed by atoms with Crippen LogP contribution in [-0.4, -0.2) is 40.2 Å². The zero-order chi connectivity index (χ0) is 16.2. The molecule has 0 bridgehead atoms.